The standard InChI is InChI=1S/C13H20N4O/c1-3-9-10(4-2)16-17-13(11(9)12(14)15)18-7-8-5-6-8/h8H,3-7H2,1-2H3,(H3,14,15). The topological polar surface area (TPSA) is 84.9 Å². The van der Waals surface area contributed by atoms with Gasteiger partial charge < -0.3 is 10.5 Å². The lowest BCUT2D eigenvalue weighted by molar-refractivity contribution is 0.283. The summed E-state index contributed by atoms with van der Waals surface area (Å²) in [5, 5.41) is 16.0. The van der Waals surface area contributed by atoms with E-state index in [2.05, 4.69) is 10.2 Å². The largest absolute Gasteiger partial charge is 0.476 e. The molecule has 1 aliphatic rings. The van der Waals surface area contributed by atoms with Crippen LogP contribution in [-0.2, 0) is 12.8 Å². The third-order valence-corrected chi connectivity index (χ3v) is 3.24. The Hall–Kier alpha value is -1.65. The first kappa shape index (κ1) is 12.8. The molecule has 1 aromatic rings. The van der Waals surface area contributed by atoms with Gasteiger partial charge in [-0.25, -0.2) is 0 Å². The molecule has 0 saturated heterocycles. The molecule has 5 nitrogen and oxygen atoms in total. The molecule has 2 rings (SSSR count). The van der Waals surface area contributed by atoms with Gasteiger partial charge in [-0.15, -0.1) is 5.10 Å². The number of amidine groups is 1. The number of nitrogen functional groups attached to an aromatic ring is 1. The van der Waals surface area contributed by atoms with Gasteiger partial charge in [0.15, 0.2) is 0 Å². The van der Waals surface area contributed by atoms with E-state index in [0.29, 0.717) is 24.0 Å². The summed E-state index contributed by atoms with van der Waals surface area (Å²) in [5.74, 6) is 1.08. The van der Waals surface area contributed by atoms with Crippen molar-refractivity contribution < 1.29 is 4.74 Å². The van der Waals surface area contributed by atoms with Crippen molar-refractivity contribution in [1.29, 1.82) is 5.41 Å². The second-order valence-corrected chi connectivity index (χ2v) is 4.68. The number of nitrogens with one attached hydrogen (secondary N) is 1. The van der Waals surface area contributed by atoms with Gasteiger partial charge in [-0.2, -0.15) is 5.10 Å². The van der Waals surface area contributed by atoms with Gasteiger partial charge in [0.2, 0.25) is 5.88 Å². The fourth-order valence-corrected chi connectivity index (χ4v) is 2.01. The van der Waals surface area contributed by atoms with E-state index in [1.807, 2.05) is 13.8 Å². The first-order valence-electron chi connectivity index (χ1n) is 6.52. The summed E-state index contributed by atoms with van der Waals surface area (Å²) in [6, 6.07) is 0. The Labute approximate surface area is 107 Å². The fraction of sp³-hybridized carbons (Fsp3) is 0.615. The lowest BCUT2D eigenvalue weighted by Gasteiger charge is -2.14. The first-order valence-corrected chi connectivity index (χ1v) is 6.52. The molecule has 0 spiro atoms. The van der Waals surface area contributed by atoms with Crippen LogP contribution in [0.25, 0.3) is 0 Å². The van der Waals surface area contributed by atoms with E-state index < -0.39 is 0 Å². The Bertz CT molecular complexity index is 455. The predicted molar refractivity (Wildman–Crippen MR) is 70.0 cm³/mol. The van der Waals surface area contributed by atoms with Crippen LogP contribution in [0.4, 0.5) is 0 Å². The van der Waals surface area contributed by atoms with E-state index in [-0.39, 0.29) is 5.84 Å². The SMILES string of the molecule is CCc1nnc(OCC2CC2)c(C(=N)N)c1CC. The Morgan fingerprint density at radius 1 is 1.33 bits per heavy atom. The molecule has 0 bridgehead atoms. The zero-order valence-corrected chi connectivity index (χ0v) is 11.0. The summed E-state index contributed by atoms with van der Waals surface area (Å²) in [6.07, 6.45) is 4.01. The van der Waals surface area contributed by atoms with Gasteiger partial charge in [-0.3, -0.25) is 5.41 Å². The number of ether oxygens (including phenoxy) is 1. The molecule has 0 unspecified atom stereocenters. The number of hydrogen-bond donors (Lipinski definition) is 2. The van der Waals surface area contributed by atoms with Crippen molar-refractivity contribution in [3.05, 3.63) is 16.8 Å². The van der Waals surface area contributed by atoms with Crippen molar-refractivity contribution in [3.8, 4) is 5.88 Å². The molecule has 0 aromatic carbocycles. The van der Waals surface area contributed by atoms with Crippen LogP contribution in [0, 0.1) is 11.3 Å². The summed E-state index contributed by atoms with van der Waals surface area (Å²) >= 11 is 0. The van der Waals surface area contributed by atoms with Crippen molar-refractivity contribution in [2.24, 2.45) is 11.7 Å². The summed E-state index contributed by atoms with van der Waals surface area (Å²) in [6.45, 7) is 4.72. The van der Waals surface area contributed by atoms with Crippen molar-refractivity contribution >= 4 is 5.84 Å². The van der Waals surface area contributed by atoms with Crippen molar-refractivity contribution in [1.82, 2.24) is 10.2 Å². The van der Waals surface area contributed by atoms with Crippen LogP contribution in [-0.4, -0.2) is 22.6 Å². The Balaban J connectivity index is 2.34. The maximum absolute atomic E-state index is 7.72. The Morgan fingerprint density at radius 3 is 2.56 bits per heavy atom. The van der Waals surface area contributed by atoms with Crippen molar-refractivity contribution in [3.63, 3.8) is 0 Å². The number of nitrogens with zero attached hydrogens (tertiary/aromatic N) is 2. The van der Waals surface area contributed by atoms with E-state index in [4.69, 9.17) is 15.9 Å². The molecule has 0 radical (unpaired) electrons. The predicted octanol–water partition coefficient (Wildman–Crippen LogP) is 1.67. The van der Waals surface area contributed by atoms with Gasteiger partial charge in [0.05, 0.1) is 17.9 Å². The molecule has 1 aromatic heterocycles. The zero-order valence-electron chi connectivity index (χ0n) is 11.0. The van der Waals surface area contributed by atoms with Crippen LogP contribution in [0.15, 0.2) is 0 Å². The minimum atomic E-state index is 0.0160. The summed E-state index contributed by atoms with van der Waals surface area (Å²) in [5.41, 5.74) is 8.20. The smallest absolute Gasteiger partial charge is 0.244 e. The van der Waals surface area contributed by atoms with Crippen LogP contribution in [0.5, 0.6) is 5.88 Å². The molecule has 1 heterocycles. The van der Waals surface area contributed by atoms with Crippen LogP contribution in [0.1, 0.15) is 43.5 Å². The van der Waals surface area contributed by atoms with Gasteiger partial charge >= 0.3 is 0 Å². The highest BCUT2D eigenvalue weighted by molar-refractivity contribution is 5.98. The fourth-order valence-electron chi connectivity index (χ4n) is 2.01. The van der Waals surface area contributed by atoms with Crippen LogP contribution >= 0.6 is 0 Å². The number of aryl methyl sites for hydroxylation is 1. The van der Waals surface area contributed by atoms with E-state index in [1.54, 1.807) is 0 Å². The van der Waals surface area contributed by atoms with Gasteiger partial charge in [-0.05, 0) is 37.2 Å². The van der Waals surface area contributed by atoms with Crippen LogP contribution in [0.3, 0.4) is 0 Å². The molecular weight excluding hydrogens is 228 g/mol. The van der Waals surface area contributed by atoms with E-state index in [9.17, 15) is 0 Å². The lowest BCUT2D eigenvalue weighted by Crippen LogP contribution is -2.19. The molecule has 0 aliphatic heterocycles. The summed E-state index contributed by atoms with van der Waals surface area (Å²) in [4.78, 5) is 0. The van der Waals surface area contributed by atoms with Crippen molar-refractivity contribution in [2.45, 2.75) is 39.5 Å². The molecule has 98 valence electrons. The Morgan fingerprint density at radius 2 is 2.06 bits per heavy atom. The molecule has 5 heteroatoms. The van der Waals surface area contributed by atoms with Crippen molar-refractivity contribution in [2.75, 3.05) is 6.61 Å². The maximum Gasteiger partial charge on any atom is 0.244 e. The van der Waals surface area contributed by atoms with E-state index >= 15 is 0 Å². The van der Waals surface area contributed by atoms with Gasteiger partial charge in [-0.1, -0.05) is 13.8 Å². The molecule has 3 N–H and O–H groups in total. The highest BCUT2D eigenvalue weighted by Crippen LogP contribution is 2.30. The average Bonchev–Trinajstić information content (AvgIpc) is 3.18. The van der Waals surface area contributed by atoms with Gasteiger partial charge in [0.1, 0.15) is 5.84 Å². The molecule has 1 aliphatic carbocycles. The third kappa shape index (κ3) is 2.60. The van der Waals surface area contributed by atoms with Crippen LogP contribution < -0.4 is 10.5 Å². The van der Waals surface area contributed by atoms with Gasteiger partial charge in [0, 0.05) is 0 Å². The number of rotatable bonds is 6. The highest BCUT2D eigenvalue weighted by Gasteiger charge is 2.24. The number of aromatic nitrogens is 2. The monoisotopic (exact) mass is 248 g/mol. The first-order chi connectivity index (χ1) is 8.67. The lowest BCUT2D eigenvalue weighted by atomic mass is 10.0. The summed E-state index contributed by atoms with van der Waals surface area (Å²) in [7, 11) is 0. The molecule has 0 atom stereocenters. The second-order valence-electron chi connectivity index (χ2n) is 4.68. The summed E-state index contributed by atoms with van der Waals surface area (Å²) < 4.78 is 5.67. The van der Waals surface area contributed by atoms with E-state index in [0.717, 1.165) is 24.1 Å². The molecule has 1 saturated carbocycles. The maximum atomic E-state index is 7.72. The minimum Gasteiger partial charge on any atom is -0.476 e. The number of nitrogens with two attached hydrogens (primary N) is 1. The molecule has 1 fully saturated rings. The molecule has 18 heavy (non-hydrogen) atoms. The Kier molecular flexibility index (Phi) is 3.79. The quantitative estimate of drug-likeness (QED) is 0.592. The molecule has 0 amide bonds. The highest BCUT2D eigenvalue weighted by atomic mass is 16.5. The van der Waals surface area contributed by atoms with E-state index in [1.165, 1.54) is 12.8 Å². The second kappa shape index (κ2) is 5.33. The average molecular weight is 248 g/mol. The minimum absolute atomic E-state index is 0.0160. The van der Waals surface area contributed by atoms with Gasteiger partial charge in [0.25, 0.3) is 0 Å². The number of hydrogen-bond acceptors (Lipinski definition) is 4. The zero-order chi connectivity index (χ0) is 13.1. The normalized spacial score (nSPS) is 14.6. The molecular formula is C13H20N4O. The van der Waals surface area contributed by atoms with Crippen LogP contribution in [0.2, 0.25) is 0 Å². The third-order valence-electron chi connectivity index (χ3n) is 3.24.